The Labute approximate surface area is 110 Å². The number of esters is 1. The van der Waals surface area contributed by atoms with E-state index in [2.05, 4.69) is 0 Å². The summed E-state index contributed by atoms with van der Waals surface area (Å²) < 4.78 is 4.87. The van der Waals surface area contributed by atoms with Crippen LogP contribution in [0.3, 0.4) is 0 Å². The van der Waals surface area contributed by atoms with Gasteiger partial charge >= 0.3 is 5.97 Å². The fraction of sp³-hybridized carbons (Fsp3) is 0.846. The van der Waals surface area contributed by atoms with Crippen LogP contribution in [0.25, 0.3) is 0 Å². The van der Waals surface area contributed by atoms with E-state index >= 15 is 0 Å². The summed E-state index contributed by atoms with van der Waals surface area (Å²) in [5.74, 6) is -0.336. The highest BCUT2D eigenvalue weighted by Crippen LogP contribution is 2.07. The van der Waals surface area contributed by atoms with Gasteiger partial charge in [0.05, 0.1) is 6.61 Å². The van der Waals surface area contributed by atoms with Crippen LogP contribution in [-0.4, -0.2) is 42.5 Å². The van der Waals surface area contributed by atoms with E-state index in [1.165, 1.54) is 0 Å². The Morgan fingerprint density at radius 1 is 1.22 bits per heavy atom. The van der Waals surface area contributed by atoms with E-state index in [1.54, 1.807) is 11.8 Å². The van der Waals surface area contributed by atoms with Gasteiger partial charge in [0.2, 0.25) is 5.91 Å². The maximum Gasteiger partial charge on any atom is 0.325 e. The molecule has 0 aliphatic carbocycles. The van der Waals surface area contributed by atoms with Crippen LogP contribution in [0.15, 0.2) is 0 Å². The minimum atomic E-state index is -0.346. The van der Waals surface area contributed by atoms with E-state index in [4.69, 9.17) is 10.5 Å². The van der Waals surface area contributed by atoms with E-state index in [0.717, 1.165) is 19.3 Å². The molecular weight excluding hydrogens is 232 g/mol. The van der Waals surface area contributed by atoms with Crippen LogP contribution >= 0.6 is 0 Å². The van der Waals surface area contributed by atoms with E-state index in [1.807, 2.05) is 13.8 Å². The SMILES string of the molecule is CCOC(=O)CN(C(=O)CCCCCN)C(C)C. The van der Waals surface area contributed by atoms with Gasteiger partial charge in [-0.1, -0.05) is 6.42 Å². The first kappa shape index (κ1) is 16.9. The lowest BCUT2D eigenvalue weighted by Gasteiger charge is -2.25. The maximum atomic E-state index is 12.0. The fourth-order valence-electron chi connectivity index (χ4n) is 1.65. The second kappa shape index (κ2) is 9.88. The van der Waals surface area contributed by atoms with Crippen molar-refractivity contribution in [2.45, 2.75) is 52.5 Å². The topological polar surface area (TPSA) is 72.6 Å². The molecule has 18 heavy (non-hydrogen) atoms. The van der Waals surface area contributed by atoms with Crippen LogP contribution in [0.2, 0.25) is 0 Å². The number of carbonyl (C=O) groups excluding carboxylic acids is 2. The molecule has 0 aromatic heterocycles. The van der Waals surface area contributed by atoms with E-state index in [0.29, 0.717) is 19.6 Å². The Balaban J connectivity index is 4.15. The second-order valence-electron chi connectivity index (χ2n) is 4.52. The van der Waals surface area contributed by atoms with Gasteiger partial charge in [-0.05, 0) is 40.2 Å². The van der Waals surface area contributed by atoms with Gasteiger partial charge in [-0.3, -0.25) is 9.59 Å². The zero-order valence-electron chi connectivity index (χ0n) is 11.8. The molecule has 5 nitrogen and oxygen atoms in total. The number of hydrogen-bond acceptors (Lipinski definition) is 4. The Morgan fingerprint density at radius 2 is 1.89 bits per heavy atom. The summed E-state index contributed by atoms with van der Waals surface area (Å²) in [6.45, 7) is 6.60. The molecule has 0 saturated carbocycles. The van der Waals surface area contributed by atoms with Crippen LogP contribution in [0, 0.1) is 0 Å². The minimum Gasteiger partial charge on any atom is -0.465 e. The molecule has 5 heteroatoms. The molecule has 0 aliphatic rings. The molecule has 106 valence electrons. The molecule has 0 rings (SSSR count). The summed E-state index contributed by atoms with van der Waals surface area (Å²) in [6.07, 6.45) is 3.18. The second-order valence-corrected chi connectivity index (χ2v) is 4.52. The first-order chi connectivity index (χ1) is 8.52. The van der Waals surface area contributed by atoms with Gasteiger partial charge in [-0.25, -0.2) is 0 Å². The average Bonchev–Trinajstić information content (AvgIpc) is 2.31. The molecule has 0 atom stereocenters. The molecule has 2 N–H and O–H groups in total. The number of amides is 1. The highest BCUT2D eigenvalue weighted by Gasteiger charge is 2.20. The normalized spacial score (nSPS) is 10.5. The molecule has 0 saturated heterocycles. The summed E-state index contributed by atoms with van der Waals surface area (Å²) >= 11 is 0. The number of nitrogens with zero attached hydrogens (tertiary/aromatic N) is 1. The predicted octanol–water partition coefficient (Wildman–Crippen LogP) is 1.31. The molecule has 0 spiro atoms. The Hall–Kier alpha value is -1.10. The fourth-order valence-corrected chi connectivity index (χ4v) is 1.65. The predicted molar refractivity (Wildman–Crippen MR) is 71.0 cm³/mol. The largest absolute Gasteiger partial charge is 0.465 e. The zero-order valence-corrected chi connectivity index (χ0v) is 11.8. The standard InChI is InChI=1S/C13H26N2O3/c1-4-18-13(17)10-15(11(2)3)12(16)8-6-5-7-9-14/h11H,4-10,14H2,1-3H3. The maximum absolute atomic E-state index is 12.0. The highest BCUT2D eigenvalue weighted by atomic mass is 16.5. The highest BCUT2D eigenvalue weighted by molar-refractivity contribution is 5.82. The summed E-state index contributed by atoms with van der Waals surface area (Å²) in [5, 5.41) is 0. The number of rotatable bonds is 9. The molecular formula is C13H26N2O3. The van der Waals surface area contributed by atoms with Crippen molar-refractivity contribution in [2.75, 3.05) is 19.7 Å². The van der Waals surface area contributed by atoms with Gasteiger partial charge in [0.25, 0.3) is 0 Å². The third kappa shape index (κ3) is 7.27. The minimum absolute atomic E-state index is 0.00933. The lowest BCUT2D eigenvalue weighted by atomic mass is 10.1. The number of unbranched alkanes of at least 4 members (excludes halogenated alkanes) is 2. The summed E-state index contributed by atoms with van der Waals surface area (Å²) in [7, 11) is 0. The number of ether oxygens (including phenoxy) is 1. The van der Waals surface area contributed by atoms with Crippen molar-refractivity contribution >= 4 is 11.9 Å². The van der Waals surface area contributed by atoms with Crippen molar-refractivity contribution in [2.24, 2.45) is 5.73 Å². The van der Waals surface area contributed by atoms with Crippen molar-refractivity contribution in [3.8, 4) is 0 Å². The first-order valence-electron chi connectivity index (χ1n) is 6.68. The summed E-state index contributed by atoms with van der Waals surface area (Å²) in [5.41, 5.74) is 5.40. The third-order valence-electron chi connectivity index (χ3n) is 2.64. The van der Waals surface area contributed by atoms with Crippen molar-refractivity contribution in [1.82, 2.24) is 4.90 Å². The van der Waals surface area contributed by atoms with Crippen molar-refractivity contribution < 1.29 is 14.3 Å². The molecule has 0 aromatic carbocycles. The third-order valence-corrected chi connectivity index (χ3v) is 2.64. The quantitative estimate of drug-likeness (QED) is 0.500. The zero-order chi connectivity index (χ0) is 14.0. The lowest BCUT2D eigenvalue weighted by Crippen LogP contribution is -2.41. The molecule has 0 heterocycles. The molecule has 0 fully saturated rings. The van der Waals surface area contributed by atoms with Crippen LogP contribution in [0.4, 0.5) is 0 Å². The van der Waals surface area contributed by atoms with E-state index < -0.39 is 0 Å². The average molecular weight is 258 g/mol. The molecule has 1 amide bonds. The van der Waals surface area contributed by atoms with Gasteiger partial charge < -0.3 is 15.4 Å². The van der Waals surface area contributed by atoms with Gasteiger partial charge in [0.15, 0.2) is 0 Å². The molecule has 0 aromatic rings. The Morgan fingerprint density at radius 3 is 2.39 bits per heavy atom. The van der Waals surface area contributed by atoms with Gasteiger partial charge in [0.1, 0.15) is 6.54 Å². The number of carbonyl (C=O) groups is 2. The molecule has 0 bridgehead atoms. The lowest BCUT2D eigenvalue weighted by molar-refractivity contribution is -0.150. The molecule has 0 radical (unpaired) electrons. The van der Waals surface area contributed by atoms with Gasteiger partial charge in [-0.15, -0.1) is 0 Å². The monoisotopic (exact) mass is 258 g/mol. The van der Waals surface area contributed by atoms with E-state index in [-0.39, 0.29) is 24.5 Å². The Kier molecular flexibility index (Phi) is 9.28. The van der Waals surface area contributed by atoms with Crippen molar-refractivity contribution in [3.63, 3.8) is 0 Å². The Bertz CT molecular complexity index is 255. The molecule has 0 unspecified atom stereocenters. The van der Waals surface area contributed by atoms with Gasteiger partial charge in [0, 0.05) is 12.5 Å². The van der Waals surface area contributed by atoms with E-state index in [9.17, 15) is 9.59 Å². The first-order valence-corrected chi connectivity index (χ1v) is 6.68. The molecule has 0 aliphatic heterocycles. The van der Waals surface area contributed by atoms with Crippen molar-refractivity contribution in [3.05, 3.63) is 0 Å². The van der Waals surface area contributed by atoms with Crippen LogP contribution in [0.1, 0.15) is 46.5 Å². The number of nitrogens with two attached hydrogens (primary N) is 1. The smallest absolute Gasteiger partial charge is 0.325 e. The van der Waals surface area contributed by atoms with Crippen LogP contribution < -0.4 is 5.73 Å². The van der Waals surface area contributed by atoms with Crippen LogP contribution in [-0.2, 0) is 14.3 Å². The summed E-state index contributed by atoms with van der Waals surface area (Å²) in [6, 6.07) is 0.0106. The van der Waals surface area contributed by atoms with Crippen molar-refractivity contribution in [1.29, 1.82) is 0 Å². The van der Waals surface area contributed by atoms with Gasteiger partial charge in [-0.2, -0.15) is 0 Å². The van der Waals surface area contributed by atoms with Crippen LogP contribution in [0.5, 0.6) is 0 Å². The summed E-state index contributed by atoms with van der Waals surface area (Å²) in [4.78, 5) is 25.0. The number of hydrogen-bond donors (Lipinski definition) is 1.